The number of esters is 1. The Kier molecular flexibility index (Phi) is 5.91. The Labute approximate surface area is 152 Å². The molecular weight excluding hydrogens is 363 g/mol. The summed E-state index contributed by atoms with van der Waals surface area (Å²) in [6.07, 6.45) is -1.29. The van der Waals surface area contributed by atoms with Crippen molar-refractivity contribution in [2.24, 2.45) is 0 Å². The molecule has 0 aromatic heterocycles. The quantitative estimate of drug-likeness (QED) is 0.449. The van der Waals surface area contributed by atoms with Crippen LogP contribution in [-0.4, -0.2) is 35.1 Å². The lowest BCUT2D eigenvalue weighted by Crippen LogP contribution is -2.30. The monoisotopic (exact) mass is 378 g/mol. The van der Waals surface area contributed by atoms with Crippen molar-refractivity contribution in [3.8, 4) is 11.5 Å². The number of methoxy groups -OCH3 is 1. The van der Waals surface area contributed by atoms with Crippen LogP contribution in [0.4, 0.5) is 15.8 Å². The number of phenolic OH excluding ortho intramolecular Hbond substituents is 1. The Balaban J connectivity index is 2.06. The van der Waals surface area contributed by atoms with E-state index in [0.717, 1.165) is 18.2 Å². The van der Waals surface area contributed by atoms with Crippen LogP contribution < -0.4 is 10.1 Å². The fraction of sp³-hybridized carbons (Fsp3) is 0.176. The maximum absolute atomic E-state index is 13.3. The van der Waals surface area contributed by atoms with Crippen molar-refractivity contribution < 1.29 is 33.5 Å². The van der Waals surface area contributed by atoms with Gasteiger partial charge in [-0.05, 0) is 31.2 Å². The number of phenols is 1. The highest BCUT2D eigenvalue weighted by Gasteiger charge is 2.22. The van der Waals surface area contributed by atoms with Crippen molar-refractivity contribution in [1.82, 2.24) is 0 Å². The Bertz CT molecular complexity index is 901. The number of amides is 1. The van der Waals surface area contributed by atoms with Gasteiger partial charge in [0.2, 0.25) is 5.82 Å². The van der Waals surface area contributed by atoms with E-state index in [0.29, 0.717) is 5.75 Å². The number of halogens is 1. The van der Waals surface area contributed by atoms with Crippen LogP contribution in [0.2, 0.25) is 0 Å². The van der Waals surface area contributed by atoms with Gasteiger partial charge >= 0.3 is 11.7 Å². The minimum atomic E-state index is -1.29. The third-order valence-electron chi connectivity index (χ3n) is 3.49. The van der Waals surface area contributed by atoms with Crippen molar-refractivity contribution in [3.63, 3.8) is 0 Å². The molecule has 0 spiro atoms. The number of hydrogen-bond donors (Lipinski definition) is 2. The average molecular weight is 378 g/mol. The van der Waals surface area contributed by atoms with E-state index in [2.05, 4.69) is 5.32 Å². The predicted octanol–water partition coefficient (Wildman–Crippen LogP) is 2.63. The highest BCUT2D eigenvalue weighted by atomic mass is 19.1. The molecule has 2 rings (SSSR count). The smallest absolute Gasteiger partial charge is 0.342 e. The molecule has 0 bridgehead atoms. The van der Waals surface area contributed by atoms with Crippen LogP contribution in [-0.2, 0) is 9.53 Å². The third kappa shape index (κ3) is 4.69. The van der Waals surface area contributed by atoms with Gasteiger partial charge in [0.15, 0.2) is 6.10 Å². The standard InChI is InChI=1S/C17H15FN2O7/c1-9(27-17(23)12-5-4-11(26-2)8-15(12)21)16(22)19-10-3-6-13(18)14(7-10)20(24)25/h3-9,21H,1-2H3,(H,19,22)/t9-/m1/s1. The van der Waals surface area contributed by atoms with E-state index in [9.17, 15) is 29.2 Å². The molecule has 9 nitrogen and oxygen atoms in total. The molecule has 2 aromatic carbocycles. The number of carbonyl (C=O) groups excluding carboxylic acids is 2. The molecule has 2 N–H and O–H groups in total. The predicted molar refractivity (Wildman–Crippen MR) is 91.2 cm³/mol. The van der Waals surface area contributed by atoms with Crippen molar-refractivity contribution in [1.29, 1.82) is 0 Å². The molecule has 0 aliphatic carbocycles. The highest BCUT2D eigenvalue weighted by molar-refractivity contribution is 5.98. The van der Waals surface area contributed by atoms with Gasteiger partial charge in [0.05, 0.1) is 12.0 Å². The Hall–Kier alpha value is -3.69. The number of benzene rings is 2. The van der Waals surface area contributed by atoms with E-state index in [1.807, 2.05) is 0 Å². The van der Waals surface area contributed by atoms with Crippen molar-refractivity contribution >= 4 is 23.3 Å². The van der Waals surface area contributed by atoms with Gasteiger partial charge in [-0.15, -0.1) is 0 Å². The summed E-state index contributed by atoms with van der Waals surface area (Å²) in [5, 5.41) is 22.8. The van der Waals surface area contributed by atoms with Crippen LogP contribution >= 0.6 is 0 Å². The number of nitro groups is 1. The fourth-order valence-electron chi connectivity index (χ4n) is 2.06. The largest absolute Gasteiger partial charge is 0.507 e. The van der Waals surface area contributed by atoms with Gasteiger partial charge in [-0.2, -0.15) is 4.39 Å². The number of nitro benzene ring substituents is 1. The maximum Gasteiger partial charge on any atom is 0.342 e. The van der Waals surface area contributed by atoms with Crippen LogP contribution in [0.3, 0.4) is 0 Å². The summed E-state index contributed by atoms with van der Waals surface area (Å²) < 4.78 is 23.2. The lowest BCUT2D eigenvalue weighted by Gasteiger charge is -2.14. The number of aromatic hydroxyl groups is 1. The van der Waals surface area contributed by atoms with Gasteiger partial charge in [-0.25, -0.2) is 4.79 Å². The van der Waals surface area contributed by atoms with Crippen LogP contribution in [0.5, 0.6) is 11.5 Å². The molecule has 1 amide bonds. The van der Waals surface area contributed by atoms with Crippen molar-refractivity contribution in [2.75, 3.05) is 12.4 Å². The van der Waals surface area contributed by atoms with E-state index in [1.165, 1.54) is 32.2 Å². The molecule has 10 heteroatoms. The summed E-state index contributed by atoms with van der Waals surface area (Å²) in [6, 6.07) is 6.71. The summed E-state index contributed by atoms with van der Waals surface area (Å²) in [5.41, 5.74) is -1.02. The summed E-state index contributed by atoms with van der Waals surface area (Å²) in [7, 11) is 1.39. The summed E-state index contributed by atoms with van der Waals surface area (Å²) >= 11 is 0. The van der Waals surface area contributed by atoms with Crippen LogP contribution in [0.25, 0.3) is 0 Å². The number of nitrogens with one attached hydrogen (secondary N) is 1. The topological polar surface area (TPSA) is 128 Å². The van der Waals surface area contributed by atoms with Crippen molar-refractivity contribution in [2.45, 2.75) is 13.0 Å². The molecule has 0 saturated heterocycles. The minimum Gasteiger partial charge on any atom is -0.507 e. The molecule has 0 heterocycles. The second kappa shape index (κ2) is 8.13. The van der Waals surface area contributed by atoms with Gasteiger partial charge in [-0.3, -0.25) is 14.9 Å². The summed E-state index contributed by atoms with van der Waals surface area (Å²) in [4.78, 5) is 34.0. The van der Waals surface area contributed by atoms with E-state index in [1.54, 1.807) is 0 Å². The lowest BCUT2D eigenvalue weighted by atomic mass is 10.2. The zero-order chi connectivity index (χ0) is 20.1. The first-order valence-electron chi connectivity index (χ1n) is 7.55. The summed E-state index contributed by atoms with van der Waals surface area (Å²) in [6.45, 7) is 1.27. The Morgan fingerprint density at radius 2 is 1.96 bits per heavy atom. The Morgan fingerprint density at radius 3 is 2.56 bits per heavy atom. The SMILES string of the molecule is COc1ccc(C(=O)O[C@H](C)C(=O)Nc2ccc(F)c([N+](=O)[O-])c2)c(O)c1. The van der Waals surface area contributed by atoms with Crippen LogP contribution in [0.1, 0.15) is 17.3 Å². The molecule has 0 saturated carbocycles. The maximum atomic E-state index is 13.3. The van der Waals surface area contributed by atoms with Gasteiger partial charge in [0, 0.05) is 17.8 Å². The first-order chi connectivity index (χ1) is 12.7. The number of carbonyl (C=O) groups is 2. The van der Waals surface area contributed by atoms with Gasteiger partial charge in [-0.1, -0.05) is 0 Å². The van der Waals surface area contributed by atoms with E-state index in [4.69, 9.17) is 9.47 Å². The molecule has 1 atom stereocenters. The Morgan fingerprint density at radius 1 is 1.26 bits per heavy atom. The van der Waals surface area contributed by atoms with E-state index in [-0.39, 0.29) is 17.0 Å². The molecule has 142 valence electrons. The molecule has 0 aliphatic heterocycles. The number of rotatable bonds is 6. The number of anilines is 1. The van der Waals surface area contributed by atoms with E-state index < -0.39 is 34.4 Å². The zero-order valence-electron chi connectivity index (χ0n) is 14.3. The third-order valence-corrected chi connectivity index (χ3v) is 3.49. The normalized spacial score (nSPS) is 11.4. The molecule has 0 unspecified atom stereocenters. The molecule has 0 aliphatic rings. The second-order valence-corrected chi connectivity index (χ2v) is 5.34. The fourth-order valence-corrected chi connectivity index (χ4v) is 2.06. The van der Waals surface area contributed by atoms with Gasteiger partial charge < -0.3 is 19.9 Å². The zero-order valence-corrected chi connectivity index (χ0v) is 14.3. The van der Waals surface area contributed by atoms with Crippen LogP contribution in [0.15, 0.2) is 36.4 Å². The van der Waals surface area contributed by atoms with Crippen LogP contribution in [0, 0.1) is 15.9 Å². The van der Waals surface area contributed by atoms with Crippen molar-refractivity contribution in [3.05, 3.63) is 57.9 Å². The van der Waals surface area contributed by atoms with Gasteiger partial charge in [0.1, 0.15) is 17.1 Å². The average Bonchev–Trinajstić information content (AvgIpc) is 2.62. The number of ether oxygens (including phenoxy) is 2. The molecular formula is C17H15FN2O7. The first kappa shape index (κ1) is 19.6. The highest BCUT2D eigenvalue weighted by Crippen LogP contribution is 2.25. The number of hydrogen-bond acceptors (Lipinski definition) is 7. The summed E-state index contributed by atoms with van der Waals surface area (Å²) in [5.74, 6) is -2.86. The first-order valence-corrected chi connectivity index (χ1v) is 7.55. The number of nitrogens with zero attached hydrogens (tertiary/aromatic N) is 1. The molecule has 2 aromatic rings. The van der Waals surface area contributed by atoms with E-state index >= 15 is 0 Å². The minimum absolute atomic E-state index is 0.0386. The molecule has 0 fully saturated rings. The van der Waals surface area contributed by atoms with Gasteiger partial charge in [0.25, 0.3) is 5.91 Å². The second-order valence-electron chi connectivity index (χ2n) is 5.34. The molecule has 27 heavy (non-hydrogen) atoms. The molecule has 0 radical (unpaired) electrons. The lowest BCUT2D eigenvalue weighted by molar-refractivity contribution is -0.387.